The Morgan fingerprint density at radius 3 is 2.75 bits per heavy atom. The summed E-state index contributed by atoms with van der Waals surface area (Å²) in [6.07, 6.45) is 2.50. The van der Waals surface area contributed by atoms with Gasteiger partial charge in [-0.05, 0) is 24.1 Å². The monoisotopic (exact) mass is 359 g/mol. The number of halogens is 1. The van der Waals surface area contributed by atoms with Crippen LogP contribution < -0.4 is 0 Å². The van der Waals surface area contributed by atoms with Crippen LogP contribution >= 0.6 is 26.5 Å². The lowest BCUT2D eigenvalue weighted by molar-refractivity contribution is 0.0698. The van der Waals surface area contributed by atoms with Crippen molar-refractivity contribution in [3.05, 3.63) is 33.9 Å². The highest BCUT2D eigenvalue weighted by atomic mass is 79.9. The van der Waals surface area contributed by atoms with E-state index in [0.717, 1.165) is 10.9 Å². The van der Waals surface area contributed by atoms with Crippen molar-refractivity contribution in [2.24, 2.45) is 0 Å². The number of hydrogen-bond donors (Lipinski definition) is 4. The van der Waals surface area contributed by atoms with Crippen molar-refractivity contribution in [2.45, 2.75) is 12.3 Å². The first kappa shape index (κ1) is 13.9. The molecule has 0 radical (unpaired) electrons. The van der Waals surface area contributed by atoms with Gasteiger partial charge in [-0.15, -0.1) is 0 Å². The number of carbonyl (C=O) groups is 1. The van der Waals surface area contributed by atoms with Crippen LogP contribution in [0.1, 0.15) is 28.3 Å². The Hall–Kier alpha value is -1.02. The molecule has 0 bridgehead atoms. The predicted molar refractivity (Wildman–Crippen MR) is 82.9 cm³/mol. The molecule has 1 aliphatic rings. The number of aromatic amines is 1. The van der Waals surface area contributed by atoms with Crippen molar-refractivity contribution in [3.8, 4) is 0 Å². The van der Waals surface area contributed by atoms with E-state index in [1.54, 1.807) is 12.3 Å². The number of hydrogen-bond acceptors (Lipinski definition) is 3. The minimum Gasteiger partial charge on any atom is -0.478 e. The second kappa shape index (κ2) is 4.77. The fraction of sp³-hybridized carbons (Fsp3) is 0.308. The van der Waals surface area contributed by atoms with Crippen LogP contribution in [0.15, 0.2) is 22.8 Å². The highest BCUT2D eigenvalue weighted by molar-refractivity contribution is 9.10. The lowest BCUT2D eigenvalue weighted by Gasteiger charge is -2.25. The summed E-state index contributed by atoms with van der Waals surface area (Å²) in [5.41, 5.74) is 1.76. The maximum atomic E-state index is 11.3. The van der Waals surface area contributed by atoms with Crippen LogP contribution in [0.3, 0.4) is 0 Å². The Bertz CT molecular complexity index is 697. The average Bonchev–Trinajstić information content (AvgIpc) is 2.91. The normalized spacial score (nSPS) is 23.1. The van der Waals surface area contributed by atoms with E-state index in [9.17, 15) is 19.0 Å². The van der Waals surface area contributed by atoms with E-state index in [4.69, 9.17) is 0 Å². The summed E-state index contributed by atoms with van der Waals surface area (Å²) in [5.74, 6) is -0.149. The second-order valence-corrected chi connectivity index (χ2v) is 8.35. The van der Waals surface area contributed by atoms with Gasteiger partial charge in [-0.3, -0.25) is 9.11 Å². The molecule has 2 heterocycles. The van der Waals surface area contributed by atoms with Crippen molar-refractivity contribution in [3.63, 3.8) is 0 Å². The van der Waals surface area contributed by atoms with Crippen molar-refractivity contribution in [2.75, 3.05) is 11.5 Å². The molecular weight excluding hydrogens is 346 g/mol. The van der Waals surface area contributed by atoms with Crippen LogP contribution in [0, 0.1) is 0 Å². The van der Waals surface area contributed by atoms with Gasteiger partial charge < -0.3 is 10.1 Å². The van der Waals surface area contributed by atoms with Gasteiger partial charge in [-0.25, -0.2) is 4.79 Å². The lowest BCUT2D eigenvalue weighted by Crippen LogP contribution is -2.01. The minimum absolute atomic E-state index is 0.0599. The maximum Gasteiger partial charge on any atom is 0.337 e. The van der Waals surface area contributed by atoms with E-state index in [2.05, 4.69) is 20.9 Å². The van der Waals surface area contributed by atoms with E-state index in [-0.39, 0.29) is 11.5 Å². The summed E-state index contributed by atoms with van der Waals surface area (Å²) < 4.78 is 20.2. The average molecular weight is 360 g/mol. The number of aromatic nitrogens is 1. The highest BCUT2D eigenvalue weighted by Crippen LogP contribution is 2.52. The first-order valence-corrected chi connectivity index (χ1v) is 8.82. The molecule has 1 fully saturated rings. The van der Waals surface area contributed by atoms with Gasteiger partial charge in [0.05, 0.1) is 11.1 Å². The molecule has 108 valence electrons. The third-order valence-corrected chi connectivity index (χ3v) is 6.00. The highest BCUT2D eigenvalue weighted by Gasteiger charge is 2.31. The number of carboxylic acids is 1. The number of fused-ring (bicyclic) bond motifs is 1. The number of carboxylic acid groups (broad SMARTS) is 1. The number of rotatable bonds is 2. The summed E-state index contributed by atoms with van der Waals surface area (Å²) in [7, 11) is -2.47. The third-order valence-electron chi connectivity index (χ3n) is 3.72. The lowest BCUT2D eigenvalue weighted by atomic mass is 9.97. The fourth-order valence-corrected chi connectivity index (χ4v) is 5.07. The molecule has 0 spiro atoms. The Balaban J connectivity index is 2.12. The van der Waals surface area contributed by atoms with Gasteiger partial charge in [-0.2, -0.15) is 10.6 Å². The molecule has 0 amide bonds. The van der Waals surface area contributed by atoms with Crippen LogP contribution in [-0.2, 0) is 0 Å². The molecule has 1 saturated heterocycles. The van der Waals surface area contributed by atoms with E-state index in [1.165, 1.54) is 0 Å². The van der Waals surface area contributed by atoms with E-state index >= 15 is 0 Å². The molecule has 0 saturated carbocycles. The largest absolute Gasteiger partial charge is 0.478 e. The first-order valence-electron chi connectivity index (χ1n) is 6.15. The topological polar surface area (TPSA) is 93.6 Å². The van der Waals surface area contributed by atoms with E-state index in [0.29, 0.717) is 27.9 Å². The van der Waals surface area contributed by atoms with E-state index in [1.807, 2.05) is 6.07 Å². The van der Waals surface area contributed by atoms with Crippen molar-refractivity contribution in [1.29, 1.82) is 0 Å². The molecule has 4 N–H and O–H groups in total. The van der Waals surface area contributed by atoms with Crippen LogP contribution in [0.25, 0.3) is 10.9 Å². The number of H-pyrrole nitrogens is 1. The van der Waals surface area contributed by atoms with Crippen molar-refractivity contribution < 1.29 is 19.0 Å². The van der Waals surface area contributed by atoms with Gasteiger partial charge in [0.1, 0.15) is 0 Å². The SMILES string of the molecule is O=C(O)c1cc(Br)cc2c(C3CCS(O)(O)C3)c[nH]c12. The molecule has 1 atom stereocenters. The molecule has 20 heavy (non-hydrogen) atoms. The quantitative estimate of drug-likeness (QED) is 0.654. The molecule has 3 rings (SSSR count). The summed E-state index contributed by atoms with van der Waals surface area (Å²) >= 11 is 3.33. The smallest absolute Gasteiger partial charge is 0.337 e. The zero-order valence-corrected chi connectivity index (χ0v) is 12.9. The van der Waals surface area contributed by atoms with Gasteiger partial charge in [0, 0.05) is 33.5 Å². The van der Waals surface area contributed by atoms with Gasteiger partial charge in [0.2, 0.25) is 0 Å². The number of nitrogens with one attached hydrogen (secondary N) is 1. The van der Waals surface area contributed by atoms with Gasteiger partial charge in [-0.1, -0.05) is 15.9 Å². The first-order chi connectivity index (χ1) is 9.37. The number of aromatic carboxylic acids is 1. The van der Waals surface area contributed by atoms with Crippen LogP contribution in [0.2, 0.25) is 0 Å². The van der Waals surface area contributed by atoms with Gasteiger partial charge in [0.15, 0.2) is 0 Å². The molecule has 0 aliphatic carbocycles. The Morgan fingerprint density at radius 1 is 1.40 bits per heavy atom. The minimum atomic E-state index is -2.47. The van der Waals surface area contributed by atoms with Crippen LogP contribution in [0.5, 0.6) is 0 Å². The molecule has 2 aromatic rings. The summed E-state index contributed by atoms with van der Waals surface area (Å²) in [4.78, 5) is 14.3. The molecule has 1 aromatic heterocycles. The fourth-order valence-electron chi connectivity index (χ4n) is 2.79. The second-order valence-electron chi connectivity index (χ2n) is 5.08. The molecular formula is C13H14BrNO4S. The standard InChI is InChI=1S/C13H14BrNO4S/c14-8-3-9-11(7-1-2-20(18,19)6-7)5-15-12(9)10(4-8)13(16)17/h3-5,7,15,18-19H,1-2,6H2,(H,16,17). The molecule has 5 nitrogen and oxygen atoms in total. The zero-order chi connectivity index (χ0) is 14.5. The Labute approximate surface area is 125 Å². The number of benzene rings is 1. The Kier molecular flexibility index (Phi) is 3.32. The third kappa shape index (κ3) is 2.35. The Morgan fingerprint density at radius 2 is 2.15 bits per heavy atom. The molecule has 1 aromatic carbocycles. The van der Waals surface area contributed by atoms with Gasteiger partial charge >= 0.3 is 5.97 Å². The van der Waals surface area contributed by atoms with Crippen molar-refractivity contribution in [1.82, 2.24) is 4.98 Å². The predicted octanol–water partition coefficient (Wildman–Crippen LogP) is 3.87. The summed E-state index contributed by atoms with van der Waals surface area (Å²) in [5, 5.41) is 10.1. The van der Waals surface area contributed by atoms with Crippen LogP contribution in [-0.4, -0.2) is 36.7 Å². The van der Waals surface area contributed by atoms with Crippen LogP contribution in [0.4, 0.5) is 0 Å². The zero-order valence-electron chi connectivity index (χ0n) is 10.5. The van der Waals surface area contributed by atoms with E-state index < -0.39 is 16.6 Å². The summed E-state index contributed by atoms with van der Waals surface area (Å²) in [6.45, 7) is 0. The maximum absolute atomic E-state index is 11.3. The van der Waals surface area contributed by atoms with Crippen molar-refractivity contribution >= 4 is 43.4 Å². The molecule has 7 heteroatoms. The molecule has 1 unspecified atom stereocenters. The van der Waals surface area contributed by atoms with Gasteiger partial charge in [0.25, 0.3) is 0 Å². The molecule has 1 aliphatic heterocycles. The summed E-state index contributed by atoms with van der Waals surface area (Å²) in [6, 6.07) is 3.44.